The van der Waals surface area contributed by atoms with E-state index in [9.17, 15) is 14.7 Å². The maximum Gasteiger partial charge on any atom is 0.411 e. The maximum absolute atomic E-state index is 11.8. The topological polar surface area (TPSA) is 66.8 Å². The van der Waals surface area contributed by atoms with Crippen LogP contribution in [0.1, 0.15) is 26.7 Å². The van der Waals surface area contributed by atoms with Crippen molar-refractivity contribution in [1.82, 2.24) is 4.90 Å². The lowest BCUT2D eigenvalue weighted by molar-refractivity contribution is -0.151. The molecule has 96 valence electrons. The van der Waals surface area contributed by atoms with Crippen LogP contribution in [-0.2, 0) is 9.53 Å². The Labute approximate surface area is 101 Å². The lowest BCUT2D eigenvalue weighted by Crippen LogP contribution is -2.56. The van der Waals surface area contributed by atoms with Gasteiger partial charge in [-0.2, -0.15) is 0 Å². The van der Waals surface area contributed by atoms with Gasteiger partial charge in [0.2, 0.25) is 0 Å². The third-order valence-electron chi connectivity index (χ3n) is 3.29. The summed E-state index contributed by atoms with van der Waals surface area (Å²) in [5.41, 5.74) is -1.13. The van der Waals surface area contributed by atoms with Crippen molar-refractivity contribution in [2.45, 2.75) is 32.2 Å². The molecule has 1 saturated heterocycles. The predicted octanol–water partition coefficient (Wildman–Crippen LogP) is 1.88. The van der Waals surface area contributed by atoms with Crippen molar-refractivity contribution in [3.63, 3.8) is 0 Å². The van der Waals surface area contributed by atoms with Crippen LogP contribution in [0.4, 0.5) is 4.79 Å². The van der Waals surface area contributed by atoms with E-state index in [0.29, 0.717) is 19.4 Å². The molecule has 0 aromatic carbocycles. The normalized spacial score (nSPS) is 23.8. The van der Waals surface area contributed by atoms with E-state index in [1.165, 1.54) is 11.0 Å². The van der Waals surface area contributed by atoms with Gasteiger partial charge in [0.05, 0.1) is 0 Å². The molecule has 1 amide bonds. The largest absolute Gasteiger partial charge is 0.479 e. The Kier molecular flexibility index (Phi) is 4.15. The molecule has 1 aliphatic rings. The van der Waals surface area contributed by atoms with Gasteiger partial charge in [-0.1, -0.05) is 26.5 Å². The van der Waals surface area contributed by atoms with Gasteiger partial charge in [-0.15, -0.1) is 0 Å². The van der Waals surface area contributed by atoms with Crippen LogP contribution in [0, 0.1) is 5.92 Å². The van der Waals surface area contributed by atoms with Crippen molar-refractivity contribution < 1.29 is 19.4 Å². The highest BCUT2D eigenvalue weighted by atomic mass is 16.6. The predicted molar refractivity (Wildman–Crippen MR) is 62.7 cm³/mol. The van der Waals surface area contributed by atoms with E-state index < -0.39 is 17.6 Å². The Bertz CT molecular complexity index is 326. The fourth-order valence-electron chi connectivity index (χ4n) is 2.37. The molecule has 1 N–H and O–H groups in total. The highest BCUT2D eigenvalue weighted by Crippen LogP contribution is 2.36. The van der Waals surface area contributed by atoms with Gasteiger partial charge in [0.1, 0.15) is 12.1 Å². The van der Waals surface area contributed by atoms with Gasteiger partial charge in [0, 0.05) is 6.54 Å². The number of ether oxygens (including phenoxy) is 1. The van der Waals surface area contributed by atoms with E-state index in [-0.39, 0.29) is 12.5 Å². The lowest BCUT2D eigenvalue weighted by Gasteiger charge is -2.37. The average molecular weight is 241 g/mol. The summed E-state index contributed by atoms with van der Waals surface area (Å²) in [5.74, 6) is -1.11. The van der Waals surface area contributed by atoms with Gasteiger partial charge in [-0.05, 0) is 18.8 Å². The zero-order valence-electron chi connectivity index (χ0n) is 10.3. The summed E-state index contributed by atoms with van der Waals surface area (Å²) >= 11 is 0. The van der Waals surface area contributed by atoms with Gasteiger partial charge in [-0.25, -0.2) is 9.59 Å². The first-order chi connectivity index (χ1) is 7.96. The van der Waals surface area contributed by atoms with Crippen LogP contribution < -0.4 is 0 Å². The summed E-state index contributed by atoms with van der Waals surface area (Å²) < 4.78 is 4.94. The van der Waals surface area contributed by atoms with Gasteiger partial charge >= 0.3 is 12.1 Å². The SMILES string of the molecule is C=CCOC(=O)N1CCC[C@@]1(C(=O)O)C(C)C. The summed E-state index contributed by atoms with van der Waals surface area (Å²) in [4.78, 5) is 24.6. The Hall–Kier alpha value is -1.52. The Morgan fingerprint density at radius 2 is 2.24 bits per heavy atom. The third kappa shape index (κ3) is 2.28. The second-order valence-corrected chi connectivity index (χ2v) is 4.50. The van der Waals surface area contributed by atoms with Crippen molar-refractivity contribution in [2.75, 3.05) is 13.2 Å². The van der Waals surface area contributed by atoms with Crippen LogP contribution in [0.5, 0.6) is 0 Å². The van der Waals surface area contributed by atoms with Crippen molar-refractivity contribution in [3.05, 3.63) is 12.7 Å². The molecule has 5 nitrogen and oxygen atoms in total. The molecule has 0 aromatic heterocycles. The third-order valence-corrected chi connectivity index (χ3v) is 3.29. The fourth-order valence-corrected chi connectivity index (χ4v) is 2.37. The van der Waals surface area contributed by atoms with E-state index >= 15 is 0 Å². The molecule has 1 fully saturated rings. The van der Waals surface area contributed by atoms with Crippen molar-refractivity contribution in [3.8, 4) is 0 Å². The summed E-state index contributed by atoms with van der Waals surface area (Å²) in [6.45, 7) is 7.61. The fraction of sp³-hybridized carbons (Fsp3) is 0.667. The van der Waals surface area contributed by atoms with Gasteiger partial charge in [0.25, 0.3) is 0 Å². The summed E-state index contributed by atoms with van der Waals surface area (Å²) in [7, 11) is 0. The number of aliphatic carboxylic acids is 1. The summed E-state index contributed by atoms with van der Waals surface area (Å²) in [6.07, 6.45) is 2.06. The molecule has 1 heterocycles. The number of nitrogens with zero attached hydrogens (tertiary/aromatic N) is 1. The van der Waals surface area contributed by atoms with Gasteiger partial charge in [0.15, 0.2) is 0 Å². The van der Waals surface area contributed by atoms with Crippen molar-refractivity contribution in [1.29, 1.82) is 0 Å². The van der Waals surface area contributed by atoms with E-state index in [1.54, 1.807) is 0 Å². The zero-order chi connectivity index (χ0) is 13.1. The average Bonchev–Trinajstić information content (AvgIpc) is 2.71. The van der Waals surface area contributed by atoms with Crippen LogP contribution in [0.2, 0.25) is 0 Å². The molecule has 0 radical (unpaired) electrons. The zero-order valence-corrected chi connectivity index (χ0v) is 10.3. The molecule has 0 aromatic rings. The molecule has 0 aliphatic carbocycles. The molecular formula is C12H19NO4. The van der Waals surface area contributed by atoms with Crippen LogP contribution >= 0.6 is 0 Å². The quantitative estimate of drug-likeness (QED) is 0.763. The van der Waals surface area contributed by atoms with Crippen LogP contribution in [0.15, 0.2) is 12.7 Å². The van der Waals surface area contributed by atoms with E-state index in [2.05, 4.69) is 6.58 Å². The molecule has 17 heavy (non-hydrogen) atoms. The molecule has 5 heteroatoms. The number of amides is 1. The van der Waals surface area contributed by atoms with E-state index in [1.807, 2.05) is 13.8 Å². The molecule has 1 rings (SSSR count). The molecule has 1 atom stereocenters. The number of likely N-dealkylation sites (tertiary alicyclic amines) is 1. The molecule has 0 saturated carbocycles. The smallest absolute Gasteiger partial charge is 0.411 e. The van der Waals surface area contributed by atoms with E-state index in [0.717, 1.165) is 0 Å². The minimum atomic E-state index is -1.13. The molecule has 0 spiro atoms. The van der Waals surface area contributed by atoms with E-state index in [4.69, 9.17) is 4.74 Å². The minimum Gasteiger partial charge on any atom is -0.479 e. The number of carboxylic acid groups (broad SMARTS) is 1. The van der Waals surface area contributed by atoms with Crippen molar-refractivity contribution in [2.24, 2.45) is 5.92 Å². The monoisotopic (exact) mass is 241 g/mol. The Morgan fingerprint density at radius 1 is 1.59 bits per heavy atom. The molecule has 1 aliphatic heterocycles. The Balaban J connectivity index is 2.93. The van der Waals surface area contributed by atoms with Crippen LogP contribution in [-0.4, -0.2) is 40.8 Å². The van der Waals surface area contributed by atoms with Crippen LogP contribution in [0.25, 0.3) is 0 Å². The maximum atomic E-state index is 11.8. The highest BCUT2D eigenvalue weighted by Gasteiger charge is 2.52. The first-order valence-electron chi connectivity index (χ1n) is 5.75. The van der Waals surface area contributed by atoms with Crippen molar-refractivity contribution >= 4 is 12.1 Å². The molecule has 0 unspecified atom stereocenters. The number of carbonyl (C=O) groups excluding carboxylic acids is 1. The number of hydrogen-bond acceptors (Lipinski definition) is 3. The Morgan fingerprint density at radius 3 is 2.71 bits per heavy atom. The highest BCUT2D eigenvalue weighted by molar-refractivity contribution is 5.85. The second kappa shape index (κ2) is 5.21. The number of carbonyl (C=O) groups is 2. The van der Waals surface area contributed by atoms with Crippen LogP contribution in [0.3, 0.4) is 0 Å². The summed E-state index contributed by atoms with van der Waals surface area (Å²) in [5, 5.41) is 9.41. The lowest BCUT2D eigenvalue weighted by atomic mass is 9.84. The standard InChI is InChI=1S/C12H19NO4/c1-4-8-17-11(16)13-7-5-6-12(13,9(2)3)10(14)15/h4,9H,1,5-8H2,2-3H3,(H,14,15)/t12-/m0/s1. The second-order valence-electron chi connectivity index (χ2n) is 4.50. The van der Waals surface area contributed by atoms with Gasteiger partial charge < -0.3 is 9.84 Å². The van der Waals surface area contributed by atoms with Gasteiger partial charge in [-0.3, -0.25) is 4.90 Å². The minimum absolute atomic E-state index is 0.100. The number of rotatable bonds is 4. The number of carboxylic acids is 1. The first-order valence-corrected chi connectivity index (χ1v) is 5.75. The molecule has 0 bridgehead atoms. The summed E-state index contributed by atoms with van der Waals surface area (Å²) in [6, 6.07) is 0. The molecular weight excluding hydrogens is 222 g/mol. The number of hydrogen-bond donors (Lipinski definition) is 1. The first kappa shape index (κ1) is 13.5.